The number of hydrogen-bond acceptors (Lipinski definition) is 5. The molecule has 0 aliphatic carbocycles. The van der Waals surface area contributed by atoms with Crippen LogP contribution < -0.4 is 10.1 Å². The predicted molar refractivity (Wildman–Crippen MR) is 84.0 cm³/mol. The fourth-order valence-electron chi connectivity index (χ4n) is 2.55. The van der Waals surface area contributed by atoms with Crippen LogP contribution in [-0.4, -0.2) is 25.2 Å². The van der Waals surface area contributed by atoms with Crippen LogP contribution in [0.15, 0.2) is 24.3 Å². The average molecular weight is 304 g/mol. The molecule has 0 radical (unpaired) electrons. The van der Waals surface area contributed by atoms with Gasteiger partial charge in [-0.25, -0.2) is 4.98 Å². The molecule has 0 bridgehead atoms. The van der Waals surface area contributed by atoms with E-state index in [9.17, 15) is 0 Å². The Kier molecular flexibility index (Phi) is 4.53. The van der Waals surface area contributed by atoms with Crippen molar-refractivity contribution in [2.24, 2.45) is 0 Å². The number of thiazole rings is 1. The lowest BCUT2D eigenvalue weighted by molar-refractivity contribution is 0.181. The van der Waals surface area contributed by atoms with Crippen LogP contribution in [0.1, 0.15) is 34.0 Å². The van der Waals surface area contributed by atoms with Gasteiger partial charge in [0.15, 0.2) is 0 Å². The molecule has 21 heavy (non-hydrogen) atoms. The highest BCUT2D eigenvalue weighted by atomic mass is 32.1. The van der Waals surface area contributed by atoms with Crippen LogP contribution in [0.25, 0.3) is 0 Å². The summed E-state index contributed by atoms with van der Waals surface area (Å²) in [5, 5.41) is 4.49. The molecule has 2 heterocycles. The second-order valence-electron chi connectivity index (χ2n) is 5.04. The number of fused-ring (bicyclic) bond motifs is 1. The van der Waals surface area contributed by atoms with E-state index in [2.05, 4.69) is 24.4 Å². The number of nitrogens with one attached hydrogen (secondary N) is 1. The molecular formula is C16H20N2O2S. The molecule has 0 saturated carbocycles. The Morgan fingerprint density at radius 1 is 1.43 bits per heavy atom. The van der Waals surface area contributed by atoms with Crippen molar-refractivity contribution in [1.29, 1.82) is 0 Å². The van der Waals surface area contributed by atoms with Crippen LogP contribution in [0, 0.1) is 0 Å². The number of methoxy groups -OCH3 is 1. The van der Waals surface area contributed by atoms with Gasteiger partial charge in [0.1, 0.15) is 17.4 Å². The van der Waals surface area contributed by atoms with Crippen LogP contribution in [0.2, 0.25) is 0 Å². The summed E-state index contributed by atoms with van der Waals surface area (Å²) in [6.07, 6.45) is 0. The van der Waals surface area contributed by atoms with Crippen LogP contribution >= 0.6 is 11.3 Å². The summed E-state index contributed by atoms with van der Waals surface area (Å²) in [6, 6.07) is 8.23. The molecule has 0 amide bonds. The molecule has 1 aliphatic rings. The van der Waals surface area contributed by atoms with Gasteiger partial charge in [0.2, 0.25) is 0 Å². The molecule has 0 spiro atoms. The van der Waals surface area contributed by atoms with Crippen molar-refractivity contribution < 1.29 is 9.47 Å². The van der Waals surface area contributed by atoms with Crippen molar-refractivity contribution in [2.75, 3.05) is 20.3 Å². The van der Waals surface area contributed by atoms with E-state index in [0.717, 1.165) is 29.5 Å². The minimum Gasteiger partial charge on any atom is -0.492 e. The maximum absolute atomic E-state index is 5.78. The van der Waals surface area contributed by atoms with Gasteiger partial charge in [0.25, 0.3) is 0 Å². The van der Waals surface area contributed by atoms with Crippen molar-refractivity contribution in [3.8, 4) is 5.75 Å². The van der Waals surface area contributed by atoms with Crippen molar-refractivity contribution in [1.82, 2.24) is 10.3 Å². The van der Waals surface area contributed by atoms with E-state index < -0.39 is 0 Å². The Labute approximate surface area is 129 Å². The number of nitrogens with zero attached hydrogens (tertiary/aromatic N) is 1. The minimum absolute atomic E-state index is 0.247. The highest BCUT2D eigenvalue weighted by molar-refractivity contribution is 7.11. The second kappa shape index (κ2) is 6.56. The van der Waals surface area contributed by atoms with Crippen molar-refractivity contribution in [3.05, 3.63) is 45.4 Å². The van der Waals surface area contributed by atoms with Gasteiger partial charge in [0.05, 0.1) is 18.2 Å². The number of ether oxygens (including phenoxy) is 2. The van der Waals surface area contributed by atoms with Crippen LogP contribution in [-0.2, 0) is 17.9 Å². The van der Waals surface area contributed by atoms with E-state index >= 15 is 0 Å². The first-order chi connectivity index (χ1) is 10.3. The third kappa shape index (κ3) is 2.95. The minimum atomic E-state index is 0.247. The van der Waals surface area contributed by atoms with Crippen molar-refractivity contribution in [2.45, 2.75) is 26.0 Å². The molecule has 0 fully saturated rings. The summed E-state index contributed by atoms with van der Waals surface area (Å²) < 4.78 is 11.1. The van der Waals surface area contributed by atoms with E-state index in [-0.39, 0.29) is 5.92 Å². The molecular weight excluding hydrogens is 284 g/mol. The molecule has 4 nitrogen and oxygen atoms in total. The third-order valence-electron chi connectivity index (χ3n) is 3.61. The molecule has 1 aliphatic heterocycles. The highest BCUT2D eigenvalue weighted by Gasteiger charge is 2.28. The predicted octanol–water partition coefficient (Wildman–Crippen LogP) is 2.92. The standard InChI is InChI=1S/C16H20N2O2S/c1-3-17-8-15-13(10-19-2)18-16(21-15)12-9-20-14-7-5-4-6-11(12)14/h4-7,12,17H,3,8-10H2,1-2H3. The van der Waals surface area contributed by atoms with Crippen LogP contribution in [0.3, 0.4) is 0 Å². The van der Waals surface area contributed by atoms with E-state index in [1.54, 1.807) is 18.4 Å². The van der Waals surface area contributed by atoms with Crippen molar-refractivity contribution >= 4 is 11.3 Å². The van der Waals surface area contributed by atoms with Gasteiger partial charge in [0, 0.05) is 24.1 Å². The summed E-state index contributed by atoms with van der Waals surface area (Å²) in [5.41, 5.74) is 2.29. The molecule has 1 unspecified atom stereocenters. The van der Waals surface area contributed by atoms with E-state index in [0.29, 0.717) is 13.2 Å². The third-order valence-corrected chi connectivity index (χ3v) is 4.82. The molecule has 3 rings (SSSR count). The maximum Gasteiger partial charge on any atom is 0.123 e. The lowest BCUT2D eigenvalue weighted by Crippen LogP contribution is -2.12. The molecule has 0 saturated heterocycles. The molecule has 1 atom stereocenters. The summed E-state index contributed by atoms with van der Waals surface area (Å²) in [5.74, 6) is 1.23. The summed E-state index contributed by atoms with van der Waals surface area (Å²) in [4.78, 5) is 6.07. The molecule has 5 heteroatoms. The lowest BCUT2D eigenvalue weighted by Gasteiger charge is -2.03. The number of benzene rings is 1. The SMILES string of the molecule is CCNCc1sc(C2COc3ccccc32)nc1COC. The topological polar surface area (TPSA) is 43.4 Å². The van der Waals surface area contributed by atoms with Crippen LogP contribution in [0.5, 0.6) is 5.75 Å². The first kappa shape index (κ1) is 14.5. The van der Waals surface area contributed by atoms with Gasteiger partial charge in [-0.3, -0.25) is 0 Å². The van der Waals surface area contributed by atoms with E-state index in [4.69, 9.17) is 14.5 Å². The Balaban J connectivity index is 1.89. The zero-order valence-electron chi connectivity index (χ0n) is 12.4. The number of hydrogen-bond donors (Lipinski definition) is 1. The zero-order valence-corrected chi connectivity index (χ0v) is 13.2. The fraction of sp³-hybridized carbons (Fsp3) is 0.438. The molecule has 112 valence electrons. The summed E-state index contributed by atoms with van der Waals surface area (Å²) in [7, 11) is 1.71. The zero-order chi connectivity index (χ0) is 14.7. The molecule has 1 aromatic carbocycles. The summed E-state index contributed by atoms with van der Waals surface area (Å²) >= 11 is 1.77. The smallest absolute Gasteiger partial charge is 0.123 e. The molecule has 1 N–H and O–H groups in total. The monoisotopic (exact) mass is 304 g/mol. The average Bonchev–Trinajstić information content (AvgIpc) is 3.09. The highest BCUT2D eigenvalue weighted by Crippen LogP contribution is 2.40. The van der Waals surface area contributed by atoms with Crippen molar-refractivity contribution in [3.63, 3.8) is 0 Å². The Hall–Kier alpha value is -1.43. The van der Waals surface area contributed by atoms with Gasteiger partial charge >= 0.3 is 0 Å². The van der Waals surface area contributed by atoms with Gasteiger partial charge < -0.3 is 14.8 Å². The maximum atomic E-state index is 5.78. The molecule has 2 aromatic rings. The largest absolute Gasteiger partial charge is 0.492 e. The Morgan fingerprint density at radius 3 is 3.10 bits per heavy atom. The normalized spacial score (nSPS) is 16.8. The van der Waals surface area contributed by atoms with Crippen LogP contribution in [0.4, 0.5) is 0 Å². The number of aromatic nitrogens is 1. The first-order valence-corrected chi connectivity index (χ1v) is 8.05. The second-order valence-corrected chi connectivity index (χ2v) is 6.15. The van der Waals surface area contributed by atoms with Gasteiger partial charge in [-0.15, -0.1) is 11.3 Å². The number of rotatable bonds is 6. The number of para-hydroxylation sites is 1. The fourth-order valence-corrected chi connectivity index (χ4v) is 3.69. The van der Waals surface area contributed by atoms with Gasteiger partial charge in [-0.2, -0.15) is 0 Å². The lowest BCUT2D eigenvalue weighted by atomic mass is 10.0. The first-order valence-electron chi connectivity index (χ1n) is 7.23. The van der Waals surface area contributed by atoms with Gasteiger partial charge in [-0.1, -0.05) is 25.1 Å². The molecule has 1 aromatic heterocycles. The summed E-state index contributed by atoms with van der Waals surface area (Å²) in [6.45, 7) is 5.16. The quantitative estimate of drug-likeness (QED) is 0.891. The van der Waals surface area contributed by atoms with E-state index in [1.807, 2.05) is 12.1 Å². The van der Waals surface area contributed by atoms with E-state index in [1.165, 1.54) is 10.4 Å². The Bertz CT molecular complexity index is 612. The Morgan fingerprint density at radius 2 is 2.29 bits per heavy atom. The van der Waals surface area contributed by atoms with Gasteiger partial charge in [-0.05, 0) is 12.6 Å².